The lowest BCUT2D eigenvalue weighted by molar-refractivity contribution is 0.0763. The van der Waals surface area contributed by atoms with E-state index in [0.717, 1.165) is 24.7 Å². The maximum Gasteiger partial charge on any atom is 0.254 e. The van der Waals surface area contributed by atoms with Crippen LogP contribution in [-0.2, 0) is 0 Å². The van der Waals surface area contributed by atoms with E-state index in [1.54, 1.807) is 25.4 Å². The minimum Gasteiger partial charge on any atom is -0.373 e. The Balaban J connectivity index is 2.12. The van der Waals surface area contributed by atoms with Crippen molar-refractivity contribution < 1.29 is 4.79 Å². The fraction of sp³-hybridized carbons (Fsp3) is 0.500. The number of anilines is 1. The maximum absolute atomic E-state index is 12.3. The van der Waals surface area contributed by atoms with Gasteiger partial charge in [-0.1, -0.05) is 6.92 Å². The van der Waals surface area contributed by atoms with E-state index in [0.29, 0.717) is 10.8 Å². The van der Waals surface area contributed by atoms with E-state index >= 15 is 0 Å². The van der Waals surface area contributed by atoms with Crippen molar-refractivity contribution in [2.75, 3.05) is 31.2 Å². The average molecular weight is 251 g/mol. The fourth-order valence-corrected chi connectivity index (χ4v) is 2.90. The zero-order valence-corrected chi connectivity index (χ0v) is 11.0. The van der Waals surface area contributed by atoms with Gasteiger partial charge in [0.05, 0.1) is 0 Å². The van der Waals surface area contributed by atoms with E-state index in [2.05, 4.69) is 17.2 Å². The highest BCUT2D eigenvalue weighted by Gasteiger charge is 2.22. The number of carbonyl (C=O) groups excluding carboxylic acids is 1. The van der Waals surface area contributed by atoms with Crippen LogP contribution in [-0.4, -0.2) is 46.9 Å². The van der Waals surface area contributed by atoms with Crippen LogP contribution in [0.4, 0.5) is 5.82 Å². The minimum atomic E-state index is 0.107. The molecule has 4 nitrogen and oxygen atoms in total. The molecule has 1 N–H and O–H groups in total. The Hall–Kier alpha value is -1.23. The highest BCUT2D eigenvalue weighted by molar-refractivity contribution is 7.99. The summed E-state index contributed by atoms with van der Waals surface area (Å²) in [5.74, 6) is 1.86. The van der Waals surface area contributed by atoms with Gasteiger partial charge in [-0.2, -0.15) is 11.8 Å². The topological polar surface area (TPSA) is 45.2 Å². The Morgan fingerprint density at radius 3 is 3.18 bits per heavy atom. The highest BCUT2D eigenvalue weighted by atomic mass is 32.2. The summed E-state index contributed by atoms with van der Waals surface area (Å²) < 4.78 is 0. The molecular formula is C12H17N3OS. The molecule has 5 heteroatoms. The fourth-order valence-electron chi connectivity index (χ4n) is 1.89. The van der Waals surface area contributed by atoms with Crippen molar-refractivity contribution in [3.63, 3.8) is 0 Å². The van der Waals surface area contributed by atoms with Gasteiger partial charge in [0.25, 0.3) is 5.91 Å². The molecule has 1 amide bonds. The molecular weight excluding hydrogens is 234 g/mol. The van der Waals surface area contributed by atoms with Crippen LogP contribution in [0.3, 0.4) is 0 Å². The quantitative estimate of drug-likeness (QED) is 0.869. The molecule has 0 aliphatic carbocycles. The van der Waals surface area contributed by atoms with Crippen LogP contribution in [0, 0.1) is 0 Å². The van der Waals surface area contributed by atoms with Gasteiger partial charge in [-0.05, 0) is 12.1 Å². The SMILES string of the molecule is CNc1cc(C(=O)N2CCSC(C)C2)ccn1. The van der Waals surface area contributed by atoms with Crippen molar-refractivity contribution in [2.24, 2.45) is 0 Å². The first-order valence-corrected chi connectivity index (χ1v) is 6.80. The smallest absolute Gasteiger partial charge is 0.254 e. The molecule has 2 heterocycles. The molecule has 1 fully saturated rings. The van der Waals surface area contributed by atoms with Crippen molar-refractivity contribution in [3.05, 3.63) is 23.9 Å². The second-order valence-corrected chi connectivity index (χ2v) is 5.66. The van der Waals surface area contributed by atoms with Crippen LogP contribution in [0.15, 0.2) is 18.3 Å². The van der Waals surface area contributed by atoms with Gasteiger partial charge >= 0.3 is 0 Å². The van der Waals surface area contributed by atoms with Crippen LogP contribution in [0.1, 0.15) is 17.3 Å². The Morgan fingerprint density at radius 1 is 1.65 bits per heavy atom. The van der Waals surface area contributed by atoms with Gasteiger partial charge in [0, 0.05) is 42.9 Å². The van der Waals surface area contributed by atoms with Crippen LogP contribution < -0.4 is 5.32 Å². The highest BCUT2D eigenvalue weighted by Crippen LogP contribution is 2.20. The molecule has 0 saturated carbocycles. The number of thioether (sulfide) groups is 1. The number of rotatable bonds is 2. The Kier molecular flexibility index (Phi) is 3.89. The zero-order chi connectivity index (χ0) is 12.3. The van der Waals surface area contributed by atoms with Crippen molar-refractivity contribution in [1.82, 2.24) is 9.88 Å². The van der Waals surface area contributed by atoms with Crippen LogP contribution in [0.2, 0.25) is 0 Å². The van der Waals surface area contributed by atoms with Crippen LogP contribution in [0.25, 0.3) is 0 Å². The molecule has 0 aromatic carbocycles. The first-order valence-electron chi connectivity index (χ1n) is 5.75. The Bertz CT molecular complexity index is 410. The van der Waals surface area contributed by atoms with Crippen molar-refractivity contribution in [1.29, 1.82) is 0 Å². The number of pyridine rings is 1. The van der Waals surface area contributed by atoms with E-state index < -0.39 is 0 Å². The molecule has 1 saturated heterocycles. The summed E-state index contributed by atoms with van der Waals surface area (Å²) in [5, 5.41) is 3.47. The van der Waals surface area contributed by atoms with Gasteiger partial charge < -0.3 is 10.2 Å². The van der Waals surface area contributed by atoms with Crippen molar-refractivity contribution >= 4 is 23.5 Å². The lowest BCUT2D eigenvalue weighted by Gasteiger charge is -2.30. The third kappa shape index (κ3) is 2.91. The molecule has 0 bridgehead atoms. The number of carbonyl (C=O) groups is 1. The Morgan fingerprint density at radius 2 is 2.47 bits per heavy atom. The van der Waals surface area contributed by atoms with E-state index in [4.69, 9.17) is 0 Å². The predicted molar refractivity (Wildman–Crippen MR) is 71.6 cm³/mol. The van der Waals surface area contributed by atoms with Gasteiger partial charge in [0.1, 0.15) is 5.82 Å². The largest absolute Gasteiger partial charge is 0.373 e. The average Bonchev–Trinajstić information content (AvgIpc) is 2.38. The molecule has 92 valence electrons. The van der Waals surface area contributed by atoms with E-state index in [9.17, 15) is 4.79 Å². The molecule has 1 aliphatic rings. The summed E-state index contributed by atoms with van der Waals surface area (Å²) >= 11 is 1.92. The van der Waals surface area contributed by atoms with Gasteiger partial charge in [0.15, 0.2) is 0 Å². The lowest BCUT2D eigenvalue weighted by Crippen LogP contribution is -2.41. The first-order chi connectivity index (χ1) is 8.20. The second kappa shape index (κ2) is 5.40. The molecule has 1 atom stereocenters. The molecule has 0 radical (unpaired) electrons. The van der Waals surface area contributed by atoms with Crippen molar-refractivity contribution in [3.8, 4) is 0 Å². The normalized spacial score (nSPS) is 20.1. The van der Waals surface area contributed by atoms with Gasteiger partial charge in [-0.3, -0.25) is 4.79 Å². The number of nitrogens with zero attached hydrogens (tertiary/aromatic N) is 2. The molecule has 0 spiro atoms. The van der Waals surface area contributed by atoms with Gasteiger partial charge in [0.2, 0.25) is 0 Å². The number of hydrogen-bond donors (Lipinski definition) is 1. The van der Waals surface area contributed by atoms with Gasteiger partial charge in [-0.15, -0.1) is 0 Å². The van der Waals surface area contributed by atoms with Crippen LogP contribution in [0.5, 0.6) is 0 Å². The molecule has 2 rings (SSSR count). The molecule has 17 heavy (non-hydrogen) atoms. The third-order valence-corrected chi connectivity index (χ3v) is 3.93. The number of nitrogens with one attached hydrogen (secondary N) is 1. The summed E-state index contributed by atoms with van der Waals surface area (Å²) in [6, 6.07) is 3.57. The van der Waals surface area contributed by atoms with E-state index in [-0.39, 0.29) is 5.91 Å². The summed E-state index contributed by atoms with van der Waals surface area (Å²) in [6.07, 6.45) is 1.67. The number of hydrogen-bond acceptors (Lipinski definition) is 4. The molecule has 1 aromatic rings. The van der Waals surface area contributed by atoms with Gasteiger partial charge in [-0.25, -0.2) is 4.98 Å². The minimum absolute atomic E-state index is 0.107. The lowest BCUT2D eigenvalue weighted by atomic mass is 10.2. The number of amides is 1. The first kappa shape index (κ1) is 12.2. The third-order valence-electron chi connectivity index (χ3n) is 2.79. The summed E-state index contributed by atoms with van der Waals surface area (Å²) in [4.78, 5) is 18.3. The monoisotopic (exact) mass is 251 g/mol. The van der Waals surface area contributed by atoms with E-state index in [1.165, 1.54) is 0 Å². The number of aromatic nitrogens is 1. The molecule has 1 unspecified atom stereocenters. The molecule has 1 aromatic heterocycles. The standard InChI is InChI=1S/C12H17N3OS/c1-9-8-15(5-6-17-9)12(16)10-3-4-14-11(7-10)13-2/h3-4,7,9H,5-6,8H2,1-2H3,(H,13,14). The second-order valence-electron chi connectivity index (χ2n) is 4.11. The zero-order valence-electron chi connectivity index (χ0n) is 10.1. The van der Waals surface area contributed by atoms with Crippen molar-refractivity contribution in [2.45, 2.75) is 12.2 Å². The van der Waals surface area contributed by atoms with Crippen LogP contribution >= 0.6 is 11.8 Å². The maximum atomic E-state index is 12.3. The van der Waals surface area contributed by atoms with E-state index in [1.807, 2.05) is 16.7 Å². The summed E-state index contributed by atoms with van der Waals surface area (Å²) in [5.41, 5.74) is 0.712. The Labute approximate surface area is 106 Å². The summed E-state index contributed by atoms with van der Waals surface area (Å²) in [6.45, 7) is 3.83. The summed E-state index contributed by atoms with van der Waals surface area (Å²) in [7, 11) is 1.80. The molecule has 1 aliphatic heterocycles. The predicted octanol–water partition coefficient (Wildman–Crippen LogP) is 1.70.